The Bertz CT molecular complexity index is 337. The summed E-state index contributed by atoms with van der Waals surface area (Å²) in [4.78, 5) is 9.74. The van der Waals surface area contributed by atoms with Crippen LogP contribution in [0.25, 0.3) is 0 Å². The third-order valence-corrected chi connectivity index (χ3v) is 4.74. The van der Waals surface area contributed by atoms with Crippen molar-refractivity contribution >= 4 is 15.4 Å². The van der Waals surface area contributed by atoms with E-state index in [4.69, 9.17) is 21.8 Å². The summed E-state index contributed by atoms with van der Waals surface area (Å²) in [6, 6.07) is -0.946. The second-order valence-corrected chi connectivity index (χ2v) is 7.61. The van der Waals surface area contributed by atoms with Crippen LogP contribution in [0.2, 0.25) is 0 Å². The number of rotatable bonds is 6. The Labute approximate surface area is 115 Å². The highest BCUT2D eigenvalue weighted by Crippen LogP contribution is 2.50. The molecular weight excluding hydrogens is 270 g/mol. The summed E-state index contributed by atoms with van der Waals surface area (Å²) in [5.74, 6) is 0. The van der Waals surface area contributed by atoms with Gasteiger partial charge in [-0.1, -0.05) is 13.8 Å². The van der Waals surface area contributed by atoms with Gasteiger partial charge >= 0.3 is 7.60 Å². The van der Waals surface area contributed by atoms with Gasteiger partial charge in [0.1, 0.15) is 26.2 Å². The van der Waals surface area contributed by atoms with E-state index in [0.717, 1.165) is 0 Å². The van der Waals surface area contributed by atoms with Gasteiger partial charge in [0.05, 0.1) is 18.4 Å². The average molecular weight is 292 g/mol. The summed E-state index contributed by atoms with van der Waals surface area (Å²) < 4.78 is 27.7. The molecule has 0 aromatic carbocycles. The molecule has 2 N–H and O–H groups in total. The summed E-state index contributed by atoms with van der Waals surface area (Å²) in [6.45, 7) is 6.99. The molecule has 8 heteroatoms. The van der Waals surface area contributed by atoms with E-state index in [-0.39, 0.29) is 12.7 Å². The van der Waals surface area contributed by atoms with Gasteiger partial charge in [0, 0.05) is 6.00 Å². The lowest BCUT2D eigenvalue weighted by Crippen LogP contribution is -2.37. The van der Waals surface area contributed by atoms with Crippen LogP contribution in [0, 0.1) is 0 Å². The highest BCUT2D eigenvalue weighted by molar-refractivity contribution is 7.53. The quantitative estimate of drug-likeness (QED) is 0.552. The van der Waals surface area contributed by atoms with E-state index < -0.39 is 37.6 Å². The molecule has 1 aliphatic heterocycles. The maximum Gasteiger partial charge on any atom is 0.331 e. The largest absolute Gasteiger partial charge is 0.388 e. The van der Waals surface area contributed by atoms with E-state index in [9.17, 15) is 14.6 Å². The highest BCUT2D eigenvalue weighted by Gasteiger charge is 2.45. The highest BCUT2D eigenvalue weighted by atomic mass is 31.2. The zero-order chi connectivity index (χ0) is 14.8. The molecule has 0 aromatic heterocycles. The van der Waals surface area contributed by atoms with Gasteiger partial charge in [-0.3, -0.25) is 9.09 Å². The molecule has 0 aliphatic carbocycles. The monoisotopic (exact) mass is 292 g/mol. The van der Waals surface area contributed by atoms with Crippen molar-refractivity contribution in [3.8, 4) is 0 Å². The third-order valence-electron chi connectivity index (χ3n) is 2.89. The second kappa shape index (κ2) is 6.70. The Morgan fingerprint density at radius 1 is 1.37 bits per heavy atom. The fourth-order valence-electron chi connectivity index (χ4n) is 1.61. The minimum absolute atomic E-state index is 0.0238. The Kier molecular flexibility index (Phi) is 6.05. The molecule has 0 amide bonds. The van der Waals surface area contributed by atoms with Crippen LogP contribution in [0.5, 0.6) is 0 Å². The van der Waals surface area contributed by atoms with Gasteiger partial charge in [0.15, 0.2) is 0 Å². The topological polar surface area (TPSA) is 85.2 Å². The van der Waals surface area contributed by atoms with Crippen molar-refractivity contribution in [1.82, 2.24) is 0 Å². The SMILES string of the molecule is [B][C@@H]1O[C@H](COC(C)C)[C@H](OP(=O)(O)C(C)C)[C@H]1O. The zero-order valence-electron chi connectivity index (χ0n) is 11.7. The molecule has 2 radical (unpaired) electrons. The standard InChI is InChI=1S/C11H22BO6P/c1-6(2)16-5-8-10(9(13)11(12)17-8)18-19(14,15)7(3)4/h6-11,13H,5H2,1-4H3,(H,14,15)/t8-,9-,10+,11-/m1/s1. The van der Waals surface area contributed by atoms with Crippen molar-refractivity contribution in [1.29, 1.82) is 0 Å². The number of aliphatic hydroxyl groups is 1. The van der Waals surface area contributed by atoms with E-state index in [1.54, 1.807) is 13.8 Å². The predicted molar refractivity (Wildman–Crippen MR) is 71.3 cm³/mol. The van der Waals surface area contributed by atoms with E-state index >= 15 is 0 Å². The minimum atomic E-state index is -3.81. The fourth-order valence-corrected chi connectivity index (χ4v) is 2.47. The molecule has 1 heterocycles. The predicted octanol–water partition coefficient (Wildman–Crippen LogP) is 0.645. The Morgan fingerprint density at radius 2 is 1.95 bits per heavy atom. The van der Waals surface area contributed by atoms with Gasteiger partial charge in [0.2, 0.25) is 0 Å². The van der Waals surface area contributed by atoms with Gasteiger partial charge < -0.3 is 19.5 Å². The molecule has 1 saturated heterocycles. The van der Waals surface area contributed by atoms with Gasteiger partial charge in [-0.15, -0.1) is 0 Å². The Hall–Kier alpha value is 0.0949. The van der Waals surface area contributed by atoms with E-state index in [1.807, 2.05) is 13.8 Å². The van der Waals surface area contributed by atoms with Crippen LogP contribution in [-0.4, -0.2) is 60.5 Å². The maximum absolute atomic E-state index is 11.9. The molecule has 0 saturated carbocycles. The van der Waals surface area contributed by atoms with Crippen molar-refractivity contribution in [2.45, 2.75) is 63.8 Å². The molecule has 0 aromatic rings. The molecule has 1 rings (SSSR count). The van der Waals surface area contributed by atoms with Crippen LogP contribution >= 0.6 is 7.60 Å². The van der Waals surface area contributed by atoms with Crippen LogP contribution in [-0.2, 0) is 18.6 Å². The van der Waals surface area contributed by atoms with Crippen molar-refractivity contribution < 1.29 is 28.6 Å². The summed E-state index contributed by atoms with van der Waals surface area (Å²) in [7, 11) is 1.77. The molecule has 5 atom stereocenters. The maximum atomic E-state index is 11.9. The molecule has 6 nitrogen and oxygen atoms in total. The van der Waals surface area contributed by atoms with Crippen LogP contribution in [0.4, 0.5) is 0 Å². The van der Waals surface area contributed by atoms with Crippen LogP contribution in [0.1, 0.15) is 27.7 Å². The number of hydrogen-bond donors (Lipinski definition) is 2. The first-order chi connectivity index (χ1) is 8.65. The summed E-state index contributed by atoms with van der Waals surface area (Å²) >= 11 is 0. The minimum Gasteiger partial charge on any atom is -0.388 e. The molecule has 1 fully saturated rings. The lowest BCUT2D eigenvalue weighted by molar-refractivity contribution is -0.0445. The lowest BCUT2D eigenvalue weighted by atomic mass is 9.93. The first-order valence-electron chi connectivity index (χ1n) is 6.36. The Morgan fingerprint density at radius 3 is 2.42 bits per heavy atom. The number of aliphatic hydroxyl groups excluding tert-OH is 1. The smallest absolute Gasteiger partial charge is 0.331 e. The summed E-state index contributed by atoms with van der Waals surface area (Å²) in [5, 5.41) is 9.88. The molecule has 1 aliphatic rings. The molecule has 0 bridgehead atoms. The normalized spacial score (nSPS) is 34.9. The molecule has 110 valence electrons. The fraction of sp³-hybridized carbons (Fsp3) is 1.00. The van der Waals surface area contributed by atoms with Crippen molar-refractivity contribution in [3.63, 3.8) is 0 Å². The first kappa shape index (κ1) is 17.1. The van der Waals surface area contributed by atoms with Crippen molar-refractivity contribution in [2.75, 3.05) is 6.61 Å². The zero-order valence-corrected chi connectivity index (χ0v) is 12.6. The molecule has 0 spiro atoms. The van der Waals surface area contributed by atoms with E-state index in [2.05, 4.69) is 0 Å². The summed E-state index contributed by atoms with van der Waals surface area (Å²) in [6.07, 6.45) is -2.80. The van der Waals surface area contributed by atoms with E-state index in [0.29, 0.717) is 0 Å². The van der Waals surface area contributed by atoms with Crippen LogP contribution < -0.4 is 0 Å². The number of hydrogen-bond acceptors (Lipinski definition) is 5. The molecule has 19 heavy (non-hydrogen) atoms. The second-order valence-electron chi connectivity index (χ2n) is 5.24. The third kappa shape index (κ3) is 4.55. The van der Waals surface area contributed by atoms with Gasteiger partial charge in [0.25, 0.3) is 0 Å². The van der Waals surface area contributed by atoms with Crippen molar-refractivity contribution in [2.24, 2.45) is 0 Å². The van der Waals surface area contributed by atoms with E-state index in [1.165, 1.54) is 0 Å². The van der Waals surface area contributed by atoms with Gasteiger partial charge in [-0.2, -0.15) is 0 Å². The molecular formula is C11H22BO6P. The van der Waals surface area contributed by atoms with Gasteiger partial charge in [-0.25, -0.2) is 0 Å². The summed E-state index contributed by atoms with van der Waals surface area (Å²) in [5.41, 5.74) is -0.566. The average Bonchev–Trinajstić information content (AvgIpc) is 2.53. The number of ether oxygens (including phenoxy) is 2. The van der Waals surface area contributed by atoms with Crippen LogP contribution in [0.15, 0.2) is 0 Å². The van der Waals surface area contributed by atoms with Gasteiger partial charge in [-0.05, 0) is 13.8 Å². The lowest BCUT2D eigenvalue weighted by Gasteiger charge is -2.25. The van der Waals surface area contributed by atoms with Crippen molar-refractivity contribution in [3.05, 3.63) is 0 Å². The Balaban J connectivity index is 2.72. The van der Waals surface area contributed by atoms with Crippen LogP contribution in [0.3, 0.4) is 0 Å². The first-order valence-corrected chi connectivity index (χ1v) is 8.01. The molecule has 1 unspecified atom stereocenters.